The van der Waals surface area contributed by atoms with Crippen molar-refractivity contribution in [3.05, 3.63) is 0 Å². The predicted molar refractivity (Wildman–Crippen MR) is 76.6 cm³/mol. The highest BCUT2D eigenvalue weighted by Crippen LogP contribution is 2.03. The van der Waals surface area contributed by atoms with Crippen molar-refractivity contribution in [2.45, 2.75) is 26.4 Å². The lowest BCUT2D eigenvalue weighted by Crippen LogP contribution is -2.51. The van der Waals surface area contributed by atoms with E-state index < -0.39 is 11.6 Å². The molecule has 20 heavy (non-hydrogen) atoms. The average Bonchev–Trinajstić information content (AvgIpc) is 2.30. The summed E-state index contributed by atoms with van der Waals surface area (Å²) in [5.41, 5.74) is -1.96. The molecule has 7 nitrogen and oxygen atoms in total. The monoisotopic (exact) mass is 289 g/mol. The van der Waals surface area contributed by atoms with Crippen LogP contribution in [0.4, 0.5) is 4.79 Å². The molecule has 118 valence electrons. The van der Waals surface area contributed by atoms with E-state index in [0.29, 0.717) is 19.0 Å². The zero-order valence-electron chi connectivity index (χ0n) is 13.0. The first-order valence-electron chi connectivity index (χ1n) is 6.69. The van der Waals surface area contributed by atoms with Crippen LogP contribution in [0.25, 0.3) is 0 Å². The molecule has 0 heterocycles. The number of aliphatic hydroxyl groups is 1. The third-order valence-corrected chi connectivity index (χ3v) is 2.73. The number of carboxylic acid groups (broad SMARTS) is 1. The van der Waals surface area contributed by atoms with Gasteiger partial charge in [0.2, 0.25) is 0 Å². The Bertz CT molecular complexity index is 330. The van der Waals surface area contributed by atoms with Crippen LogP contribution in [0.1, 0.15) is 20.8 Å². The SMILES string of the molecule is CC(C)CN(CCN(C)C)C(=O)NCC(C)(O)C(=O)O. The summed E-state index contributed by atoms with van der Waals surface area (Å²) in [7, 11) is 3.83. The largest absolute Gasteiger partial charge is 0.479 e. The lowest BCUT2D eigenvalue weighted by molar-refractivity contribution is -0.155. The van der Waals surface area contributed by atoms with Gasteiger partial charge in [0.05, 0.1) is 6.54 Å². The Balaban J connectivity index is 4.50. The maximum absolute atomic E-state index is 12.1. The summed E-state index contributed by atoms with van der Waals surface area (Å²) in [4.78, 5) is 26.4. The van der Waals surface area contributed by atoms with Gasteiger partial charge in [-0.3, -0.25) is 0 Å². The van der Waals surface area contributed by atoms with E-state index in [0.717, 1.165) is 13.5 Å². The standard InChI is InChI=1S/C13H27N3O4/c1-10(2)8-16(7-6-15(4)5)12(19)14-9-13(3,20)11(17)18/h10,20H,6-9H2,1-5H3,(H,14,19)(H,17,18). The summed E-state index contributed by atoms with van der Waals surface area (Å²) in [6.07, 6.45) is 0. The molecule has 0 bridgehead atoms. The minimum Gasteiger partial charge on any atom is -0.479 e. The molecule has 0 aromatic heterocycles. The first kappa shape index (κ1) is 18.7. The highest BCUT2D eigenvalue weighted by molar-refractivity contribution is 5.79. The van der Waals surface area contributed by atoms with Gasteiger partial charge in [0.25, 0.3) is 0 Å². The summed E-state index contributed by atoms with van der Waals surface area (Å²) in [5.74, 6) is -1.05. The van der Waals surface area contributed by atoms with Crippen LogP contribution in [0.3, 0.4) is 0 Å². The fourth-order valence-corrected chi connectivity index (χ4v) is 1.47. The average molecular weight is 289 g/mol. The maximum Gasteiger partial charge on any atom is 0.337 e. The number of carboxylic acids is 1. The fourth-order valence-electron chi connectivity index (χ4n) is 1.47. The van der Waals surface area contributed by atoms with Crippen molar-refractivity contribution in [1.82, 2.24) is 15.1 Å². The second-order valence-corrected chi connectivity index (χ2v) is 5.88. The molecule has 1 unspecified atom stereocenters. The normalized spacial score (nSPS) is 14.2. The number of nitrogens with one attached hydrogen (secondary N) is 1. The first-order valence-corrected chi connectivity index (χ1v) is 6.69. The molecule has 0 aliphatic rings. The van der Waals surface area contributed by atoms with Crippen molar-refractivity contribution >= 4 is 12.0 Å². The second-order valence-electron chi connectivity index (χ2n) is 5.88. The summed E-state index contributed by atoms with van der Waals surface area (Å²) >= 11 is 0. The molecule has 0 fully saturated rings. The Labute approximate surface area is 120 Å². The van der Waals surface area contributed by atoms with Gasteiger partial charge in [-0.25, -0.2) is 9.59 Å². The number of hydrogen-bond acceptors (Lipinski definition) is 4. The number of hydrogen-bond donors (Lipinski definition) is 3. The number of nitrogens with zero attached hydrogens (tertiary/aromatic N) is 2. The third kappa shape index (κ3) is 7.30. The van der Waals surface area contributed by atoms with Crippen LogP contribution in [-0.4, -0.2) is 77.9 Å². The van der Waals surface area contributed by atoms with Gasteiger partial charge in [-0.15, -0.1) is 0 Å². The van der Waals surface area contributed by atoms with E-state index >= 15 is 0 Å². The third-order valence-electron chi connectivity index (χ3n) is 2.73. The molecule has 2 amide bonds. The quantitative estimate of drug-likeness (QED) is 0.587. The van der Waals surface area contributed by atoms with Gasteiger partial charge in [0, 0.05) is 19.6 Å². The molecule has 0 rings (SSSR count). The van der Waals surface area contributed by atoms with Gasteiger partial charge in [0.1, 0.15) is 0 Å². The predicted octanol–water partition coefficient (Wildman–Crippen LogP) is 0.0512. The number of carbonyl (C=O) groups is 2. The second kappa shape index (κ2) is 8.06. The highest BCUT2D eigenvalue weighted by atomic mass is 16.4. The zero-order valence-corrected chi connectivity index (χ0v) is 13.0. The molecule has 7 heteroatoms. The number of urea groups is 1. The molecular weight excluding hydrogens is 262 g/mol. The van der Waals surface area contributed by atoms with Crippen molar-refractivity contribution in [3.8, 4) is 0 Å². The summed E-state index contributed by atoms with van der Waals surface area (Å²) in [5, 5.41) is 20.8. The van der Waals surface area contributed by atoms with Gasteiger partial charge in [-0.2, -0.15) is 0 Å². The van der Waals surface area contributed by atoms with Gasteiger partial charge in [0.15, 0.2) is 5.60 Å². The minimum atomic E-state index is -1.96. The van der Waals surface area contributed by atoms with Gasteiger partial charge in [-0.1, -0.05) is 13.8 Å². The van der Waals surface area contributed by atoms with Crippen LogP contribution < -0.4 is 5.32 Å². The zero-order chi connectivity index (χ0) is 15.9. The van der Waals surface area contributed by atoms with E-state index in [1.54, 1.807) is 4.90 Å². The van der Waals surface area contributed by atoms with Crippen molar-refractivity contribution in [2.75, 3.05) is 40.3 Å². The molecule has 0 saturated heterocycles. The van der Waals surface area contributed by atoms with Crippen LogP contribution in [0.2, 0.25) is 0 Å². The summed E-state index contributed by atoms with van der Waals surface area (Å²) < 4.78 is 0. The smallest absolute Gasteiger partial charge is 0.337 e. The molecular formula is C13H27N3O4. The maximum atomic E-state index is 12.1. The molecule has 0 saturated carbocycles. The molecule has 0 aromatic carbocycles. The van der Waals surface area contributed by atoms with E-state index in [4.69, 9.17) is 5.11 Å². The van der Waals surface area contributed by atoms with Crippen molar-refractivity contribution in [2.24, 2.45) is 5.92 Å². The van der Waals surface area contributed by atoms with Crippen molar-refractivity contribution in [1.29, 1.82) is 0 Å². The van der Waals surface area contributed by atoms with E-state index in [9.17, 15) is 14.7 Å². The molecule has 0 aliphatic carbocycles. The molecule has 0 aromatic rings. The Hall–Kier alpha value is -1.34. The Morgan fingerprint density at radius 2 is 1.80 bits per heavy atom. The molecule has 0 radical (unpaired) electrons. The number of likely N-dealkylation sites (N-methyl/N-ethyl adjacent to an activating group) is 1. The molecule has 3 N–H and O–H groups in total. The van der Waals surface area contributed by atoms with E-state index in [1.807, 2.05) is 32.8 Å². The lowest BCUT2D eigenvalue weighted by atomic mass is 10.1. The summed E-state index contributed by atoms with van der Waals surface area (Å²) in [6.45, 7) is 6.68. The van der Waals surface area contributed by atoms with Crippen LogP contribution in [0, 0.1) is 5.92 Å². The van der Waals surface area contributed by atoms with Crippen molar-refractivity contribution < 1.29 is 19.8 Å². The molecule has 0 spiro atoms. The Kier molecular flexibility index (Phi) is 7.52. The summed E-state index contributed by atoms with van der Waals surface area (Å²) in [6, 6.07) is -0.359. The van der Waals surface area contributed by atoms with Gasteiger partial charge in [-0.05, 0) is 26.9 Å². The lowest BCUT2D eigenvalue weighted by Gasteiger charge is -2.27. The number of aliphatic carboxylic acids is 1. The minimum absolute atomic E-state index is 0.308. The van der Waals surface area contributed by atoms with Crippen molar-refractivity contribution in [3.63, 3.8) is 0 Å². The van der Waals surface area contributed by atoms with E-state index in [2.05, 4.69) is 5.32 Å². The van der Waals surface area contributed by atoms with Crippen LogP contribution in [0.15, 0.2) is 0 Å². The first-order chi connectivity index (χ1) is 9.06. The molecule has 0 aliphatic heterocycles. The Morgan fingerprint density at radius 1 is 1.25 bits per heavy atom. The van der Waals surface area contributed by atoms with E-state index in [-0.39, 0.29) is 12.6 Å². The Morgan fingerprint density at radius 3 is 2.20 bits per heavy atom. The van der Waals surface area contributed by atoms with Gasteiger partial charge >= 0.3 is 12.0 Å². The highest BCUT2D eigenvalue weighted by Gasteiger charge is 2.31. The number of rotatable bonds is 8. The fraction of sp³-hybridized carbons (Fsp3) is 0.846. The topological polar surface area (TPSA) is 93.1 Å². The van der Waals surface area contributed by atoms with Crippen LogP contribution in [-0.2, 0) is 4.79 Å². The van der Waals surface area contributed by atoms with Crippen LogP contribution in [0.5, 0.6) is 0 Å². The van der Waals surface area contributed by atoms with E-state index in [1.165, 1.54) is 0 Å². The number of carbonyl (C=O) groups excluding carboxylic acids is 1. The molecule has 1 atom stereocenters. The number of amides is 2. The van der Waals surface area contributed by atoms with Gasteiger partial charge < -0.3 is 25.3 Å². The van der Waals surface area contributed by atoms with Crippen LogP contribution >= 0.6 is 0 Å².